The highest BCUT2D eigenvalue weighted by molar-refractivity contribution is 7.89. The first kappa shape index (κ1) is 17.4. The van der Waals surface area contributed by atoms with E-state index in [1.165, 1.54) is 25.3 Å². The van der Waals surface area contributed by atoms with Gasteiger partial charge in [-0.1, -0.05) is 30.3 Å². The van der Waals surface area contributed by atoms with E-state index in [9.17, 15) is 12.8 Å². The maximum Gasteiger partial charge on any atom is 0.211 e. The van der Waals surface area contributed by atoms with Crippen LogP contribution < -0.4 is 9.46 Å². The lowest BCUT2D eigenvalue weighted by Crippen LogP contribution is -2.29. The average molecular weight is 337 g/mol. The number of benzene rings is 2. The zero-order chi connectivity index (χ0) is 16.7. The quantitative estimate of drug-likeness (QED) is 0.805. The second kappa shape index (κ2) is 8.08. The molecule has 0 fully saturated rings. The summed E-state index contributed by atoms with van der Waals surface area (Å²) in [6.07, 6.45) is 0.824. The number of aryl methyl sites for hydroxylation is 1. The minimum atomic E-state index is -3.36. The Balaban J connectivity index is 1.86. The van der Waals surface area contributed by atoms with Gasteiger partial charge >= 0.3 is 0 Å². The summed E-state index contributed by atoms with van der Waals surface area (Å²) in [5.41, 5.74) is 1.61. The van der Waals surface area contributed by atoms with E-state index in [-0.39, 0.29) is 18.1 Å². The Hall–Kier alpha value is -1.92. The molecule has 2 aromatic rings. The van der Waals surface area contributed by atoms with E-state index in [0.717, 1.165) is 5.56 Å². The third-order valence-electron chi connectivity index (χ3n) is 3.46. The second-order valence-electron chi connectivity index (χ2n) is 5.15. The minimum absolute atomic E-state index is 0.0251. The molecule has 0 radical (unpaired) electrons. The van der Waals surface area contributed by atoms with Crippen molar-refractivity contribution < 1.29 is 17.5 Å². The molecule has 124 valence electrons. The van der Waals surface area contributed by atoms with Crippen LogP contribution in [-0.2, 0) is 22.9 Å². The molecule has 0 spiro atoms. The van der Waals surface area contributed by atoms with Crippen LogP contribution in [0.5, 0.6) is 5.75 Å². The maximum absolute atomic E-state index is 13.3. The lowest BCUT2D eigenvalue weighted by Gasteiger charge is -2.10. The van der Waals surface area contributed by atoms with Crippen LogP contribution in [0.3, 0.4) is 0 Å². The van der Waals surface area contributed by atoms with Crippen LogP contribution in [-0.4, -0.2) is 27.8 Å². The van der Waals surface area contributed by atoms with Crippen molar-refractivity contribution in [2.75, 3.05) is 19.4 Å². The van der Waals surface area contributed by atoms with Crippen molar-refractivity contribution in [1.82, 2.24) is 4.72 Å². The molecule has 0 heterocycles. The van der Waals surface area contributed by atoms with E-state index < -0.39 is 10.0 Å². The van der Waals surface area contributed by atoms with Gasteiger partial charge in [0.15, 0.2) is 0 Å². The first-order valence-corrected chi connectivity index (χ1v) is 8.99. The van der Waals surface area contributed by atoms with E-state index in [0.29, 0.717) is 24.2 Å². The third kappa shape index (κ3) is 5.65. The predicted molar refractivity (Wildman–Crippen MR) is 88.6 cm³/mol. The molecular formula is C17H20FNO3S. The van der Waals surface area contributed by atoms with Crippen LogP contribution in [0.4, 0.5) is 4.39 Å². The summed E-state index contributed by atoms with van der Waals surface area (Å²) in [4.78, 5) is 0. The Morgan fingerprint density at radius 3 is 2.52 bits per heavy atom. The largest absolute Gasteiger partial charge is 0.496 e. The third-order valence-corrected chi connectivity index (χ3v) is 4.85. The fourth-order valence-corrected chi connectivity index (χ4v) is 3.31. The molecule has 0 saturated heterocycles. The van der Waals surface area contributed by atoms with Crippen LogP contribution in [0.1, 0.15) is 11.1 Å². The van der Waals surface area contributed by atoms with Crippen LogP contribution in [0.15, 0.2) is 48.5 Å². The molecule has 0 aliphatic carbocycles. The van der Waals surface area contributed by atoms with Crippen LogP contribution in [0.25, 0.3) is 0 Å². The van der Waals surface area contributed by atoms with Crippen LogP contribution in [0, 0.1) is 5.82 Å². The molecule has 0 amide bonds. The number of hydrogen-bond donors (Lipinski definition) is 1. The molecule has 0 aliphatic heterocycles. The number of hydrogen-bond acceptors (Lipinski definition) is 3. The number of halogens is 1. The highest BCUT2D eigenvalue weighted by Crippen LogP contribution is 2.19. The van der Waals surface area contributed by atoms with E-state index in [2.05, 4.69) is 4.72 Å². The normalized spacial score (nSPS) is 11.4. The summed E-state index contributed by atoms with van der Waals surface area (Å²) >= 11 is 0. The number of sulfonamides is 1. The Morgan fingerprint density at radius 2 is 1.83 bits per heavy atom. The van der Waals surface area contributed by atoms with Crippen molar-refractivity contribution in [1.29, 1.82) is 0 Å². The summed E-state index contributed by atoms with van der Waals surface area (Å²) < 4.78 is 44.9. The maximum atomic E-state index is 13.3. The first-order valence-electron chi connectivity index (χ1n) is 7.34. The topological polar surface area (TPSA) is 55.4 Å². The van der Waals surface area contributed by atoms with Gasteiger partial charge in [0.1, 0.15) is 11.6 Å². The number of ether oxygens (including phenoxy) is 1. The summed E-state index contributed by atoms with van der Waals surface area (Å²) in [5, 5.41) is 0. The summed E-state index contributed by atoms with van der Waals surface area (Å²) in [5.74, 6) is 0.208. The SMILES string of the molecule is COc1ccc(F)cc1CCNS(=O)(=O)CCc1ccccc1. The lowest BCUT2D eigenvalue weighted by molar-refractivity contribution is 0.408. The van der Waals surface area contributed by atoms with Gasteiger partial charge in [0.05, 0.1) is 12.9 Å². The molecule has 6 heteroatoms. The van der Waals surface area contributed by atoms with Gasteiger partial charge in [-0.3, -0.25) is 0 Å². The average Bonchev–Trinajstić information content (AvgIpc) is 2.54. The zero-order valence-corrected chi connectivity index (χ0v) is 13.8. The van der Waals surface area contributed by atoms with Crippen molar-refractivity contribution >= 4 is 10.0 Å². The molecule has 0 unspecified atom stereocenters. The molecule has 2 rings (SSSR count). The Labute approximate surface area is 136 Å². The van der Waals surface area contributed by atoms with Gasteiger partial charge in [0.25, 0.3) is 0 Å². The van der Waals surface area contributed by atoms with Gasteiger partial charge in [-0.25, -0.2) is 17.5 Å². The van der Waals surface area contributed by atoms with E-state index >= 15 is 0 Å². The minimum Gasteiger partial charge on any atom is -0.496 e. The fraction of sp³-hybridized carbons (Fsp3) is 0.294. The molecular weight excluding hydrogens is 317 g/mol. The highest BCUT2D eigenvalue weighted by atomic mass is 32.2. The smallest absolute Gasteiger partial charge is 0.211 e. The first-order chi connectivity index (χ1) is 11.0. The molecule has 0 aliphatic rings. The second-order valence-corrected chi connectivity index (χ2v) is 7.08. The molecule has 4 nitrogen and oxygen atoms in total. The molecule has 0 aromatic heterocycles. The summed E-state index contributed by atoms with van der Waals surface area (Å²) in [6.45, 7) is 0.205. The van der Waals surface area contributed by atoms with Crippen LogP contribution >= 0.6 is 0 Å². The summed E-state index contributed by atoms with van der Waals surface area (Å²) in [7, 11) is -1.86. The van der Waals surface area contributed by atoms with E-state index in [4.69, 9.17) is 4.74 Å². The van der Waals surface area contributed by atoms with Crippen molar-refractivity contribution in [3.63, 3.8) is 0 Å². The molecule has 0 atom stereocenters. The number of nitrogens with one attached hydrogen (secondary N) is 1. The van der Waals surface area contributed by atoms with Gasteiger partial charge < -0.3 is 4.74 Å². The standard InChI is InChI=1S/C17H20FNO3S/c1-22-17-8-7-16(18)13-15(17)9-11-19-23(20,21)12-10-14-5-3-2-4-6-14/h2-8,13,19H,9-12H2,1H3. The predicted octanol–water partition coefficient (Wildman–Crippen LogP) is 2.54. The van der Waals surface area contributed by atoms with E-state index in [1.807, 2.05) is 30.3 Å². The highest BCUT2D eigenvalue weighted by Gasteiger charge is 2.11. The number of methoxy groups -OCH3 is 1. The van der Waals surface area contributed by atoms with E-state index in [1.54, 1.807) is 0 Å². The Bertz CT molecular complexity index is 733. The Kier molecular flexibility index (Phi) is 6.12. The Morgan fingerprint density at radius 1 is 1.09 bits per heavy atom. The van der Waals surface area contributed by atoms with Gasteiger partial charge in [-0.05, 0) is 42.2 Å². The monoisotopic (exact) mass is 337 g/mol. The number of rotatable bonds is 8. The molecule has 1 N–H and O–H groups in total. The zero-order valence-electron chi connectivity index (χ0n) is 13.0. The van der Waals surface area contributed by atoms with Crippen molar-refractivity contribution in [3.8, 4) is 5.75 Å². The van der Waals surface area contributed by atoms with Gasteiger partial charge in [-0.2, -0.15) is 0 Å². The molecule has 0 saturated carbocycles. The van der Waals surface area contributed by atoms with Crippen LogP contribution in [0.2, 0.25) is 0 Å². The van der Waals surface area contributed by atoms with Gasteiger partial charge in [-0.15, -0.1) is 0 Å². The van der Waals surface area contributed by atoms with Crippen molar-refractivity contribution in [3.05, 3.63) is 65.5 Å². The lowest BCUT2D eigenvalue weighted by atomic mass is 10.1. The molecule has 0 bridgehead atoms. The molecule has 2 aromatic carbocycles. The van der Waals surface area contributed by atoms with Gasteiger partial charge in [0.2, 0.25) is 10.0 Å². The fourth-order valence-electron chi connectivity index (χ4n) is 2.25. The summed E-state index contributed by atoms with van der Waals surface area (Å²) in [6, 6.07) is 13.7. The van der Waals surface area contributed by atoms with Gasteiger partial charge in [0, 0.05) is 6.54 Å². The molecule has 23 heavy (non-hydrogen) atoms. The van der Waals surface area contributed by atoms with Crippen molar-refractivity contribution in [2.24, 2.45) is 0 Å². The van der Waals surface area contributed by atoms with Crippen molar-refractivity contribution in [2.45, 2.75) is 12.8 Å².